The second-order valence-electron chi connectivity index (χ2n) is 12.2. The van der Waals surface area contributed by atoms with Gasteiger partial charge in [0.1, 0.15) is 0 Å². The normalized spacial score (nSPS) is 11.2. The fourth-order valence-electron chi connectivity index (χ4n) is 6.30. The lowest BCUT2D eigenvalue weighted by atomic mass is 10.1. The maximum absolute atomic E-state index is 2.34. The molecular formula is C45H38N2. The molecule has 0 aliphatic rings. The average molecular weight is 607 g/mol. The van der Waals surface area contributed by atoms with Crippen molar-refractivity contribution in [2.24, 2.45) is 0 Å². The Labute approximate surface area is 278 Å². The van der Waals surface area contributed by atoms with Gasteiger partial charge in [0.2, 0.25) is 0 Å². The summed E-state index contributed by atoms with van der Waals surface area (Å²) >= 11 is 0. The number of fused-ring (bicyclic) bond motifs is 1. The summed E-state index contributed by atoms with van der Waals surface area (Å²) in [5.74, 6) is 0. The van der Waals surface area contributed by atoms with Gasteiger partial charge in [-0.2, -0.15) is 0 Å². The number of rotatable bonds is 8. The average Bonchev–Trinajstić information content (AvgIpc) is 3.09. The van der Waals surface area contributed by atoms with E-state index in [-0.39, 0.29) is 0 Å². The molecule has 0 spiro atoms. The van der Waals surface area contributed by atoms with E-state index in [0.717, 1.165) is 39.6 Å². The largest absolute Gasteiger partial charge is 0.310 e. The van der Waals surface area contributed by atoms with Crippen LogP contribution in [-0.2, 0) is 0 Å². The quantitative estimate of drug-likeness (QED) is 0.159. The van der Waals surface area contributed by atoms with Crippen LogP contribution in [0.1, 0.15) is 27.8 Å². The lowest BCUT2D eigenvalue weighted by Crippen LogP contribution is -2.10. The summed E-state index contributed by atoms with van der Waals surface area (Å²) in [7, 11) is 0. The Morgan fingerprint density at radius 1 is 0.319 bits per heavy atom. The summed E-state index contributed by atoms with van der Waals surface area (Å²) in [5.41, 5.74) is 12.9. The first-order valence-corrected chi connectivity index (χ1v) is 16.2. The van der Waals surface area contributed by atoms with E-state index in [4.69, 9.17) is 0 Å². The molecule has 0 saturated heterocycles. The summed E-state index contributed by atoms with van der Waals surface area (Å²) < 4.78 is 0. The molecule has 0 heterocycles. The number of nitrogens with zero attached hydrogens (tertiary/aromatic N) is 2. The lowest BCUT2D eigenvalue weighted by Gasteiger charge is -2.26. The van der Waals surface area contributed by atoms with Crippen LogP contribution < -0.4 is 9.80 Å². The van der Waals surface area contributed by atoms with Crippen molar-refractivity contribution in [3.05, 3.63) is 192 Å². The Hall–Kier alpha value is -5.86. The number of para-hydroxylation sites is 1. The van der Waals surface area contributed by atoms with Gasteiger partial charge >= 0.3 is 0 Å². The molecule has 0 saturated carbocycles. The van der Waals surface area contributed by atoms with Crippen LogP contribution in [-0.4, -0.2) is 0 Å². The molecule has 47 heavy (non-hydrogen) atoms. The third kappa shape index (κ3) is 6.73. The first-order valence-electron chi connectivity index (χ1n) is 16.2. The standard InChI is InChI=1S/C45H38N2/c1-33-10-9-15-43(29-33)47(45-30-34(2)28-35(3)31-45)42-25-20-37(21-26-42)17-16-36-18-23-41(24-19-36)46(40-13-5-4-6-14-40)44-27-22-38-11-7-8-12-39(38)32-44/h4-32H,1-3H3. The van der Waals surface area contributed by atoms with Crippen molar-refractivity contribution in [1.29, 1.82) is 0 Å². The number of hydrogen-bond donors (Lipinski definition) is 0. The maximum Gasteiger partial charge on any atom is 0.0468 e. The van der Waals surface area contributed by atoms with Crippen molar-refractivity contribution in [3.8, 4) is 0 Å². The highest BCUT2D eigenvalue weighted by Crippen LogP contribution is 2.37. The maximum atomic E-state index is 2.34. The highest BCUT2D eigenvalue weighted by atomic mass is 15.1. The minimum absolute atomic E-state index is 1.12. The fourth-order valence-corrected chi connectivity index (χ4v) is 6.30. The van der Waals surface area contributed by atoms with Gasteiger partial charge in [0.15, 0.2) is 0 Å². The molecule has 0 radical (unpaired) electrons. The molecule has 228 valence electrons. The van der Waals surface area contributed by atoms with Gasteiger partial charge in [-0.3, -0.25) is 0 Å². The van der Waals surface area contributed by atoms with Crippen molar-refractivity contribution in [1.82, 2.24) is 0 Å². The molecule has 0 bridgehead atoms. The first-order chi connectivity index (χ1) is 23.0. The van der Waals surface area contributed by atoms with Gasteiger partial charge < -0.3 is 9.80 Å². The minimum Gasteiger partial charge on any atom is -0.310 e. The van der Waals surface area contributed by atoms with Gasteiger partial charge in [-0.25, -0.2) is 0 Å². The van der Waals surface area contributed by atoms with Crippen LogP contribution in [0.3, 0.4) is 0 Å². The summed E-state index contributed by atoms with van der Waals surface area (Å²) in [4.78, 5) is 4.65. The number of benzene rings is 7. The Kier molecular flexibility index (Phi) is 8.41. The van der Waals surface area contributed by atoms with E-state index in [9.17, 15) is 0 Å². The van der Waals surface area contributed by atoms with E-state index in [1.165, 1.54) is 33.2 Å². The summed E-state index contributed by atoms with van der Waals surface area (Å²) in [6.45, 7) is 6.47. The molecule has 2 heteroatoms. The molecule has 7 aromatic rings. The van der Waals surface area contributed by atoms with Crippen molar-refractivity contribution >= 4 is 57.0 Å². The number of hydrogen-bond acceptors (Lipinski definition) is 2. The van der Waals surface area contributed by atoms with Gasteiger partial charge in [-0.05, 0) is 132 Å². The topological polar surface area (TPSA) is 6.48 Å². The van der Waals surface area contributed by atoms with E-state index in [1.54, 1.807) is 0 Å². The number of aryl methyl sites for hydroxylation is 3. The van der Waals surface area contributed by atoms with Crippen molar-refractivity contribution in [3.63, 3.8) is 0 Å². The highest BCUT2D eigenvalue weighted by molar-refractivity contribution is 5.89. The van der Waals surface area contributed by atoms with Gasteiger partial charge in [0.25, 0.3) is 0 Å². The predicted octanol–water partition coefficient (Wildman–Crippen LogP) is 12.9. The molecule has 0 aromatic heterocycles. The van der Waals surface area contributed by atoms with E-state index >= 15 is 0 Å². The second kappa shape index (κ2) is 13.2. The van der Waals surface area contributed by atoms with Crippen molar-refractivity contribution in [2.45, 2.75) is 20.8 Å². The third-order valence-electron chi connectivity index (χ3n) is 8.50. The lowest BCUT2D eigenvalue weighted by molar-refractivity contribution is 1.24. The zero-order valence-corrected chi connectivity index (χ0v) is 27.1. The van der Waals surface area contributed by atoms with Crippen LogP contribution in [0, 0.1) is 20.8 Å². The molecule has 0 aliphatic carbocycles. The molecule has 2 nitrogen and oxygen atoms in total. The van der Waals surface area contributed by atoms with E-state index in [0.29, 0.717) is 0 Å². The molecular weight excluding hydrogens is 569 g/mol. The minimum atomic E-state index is 1.12. The van der Waals surface area contributed by atoms with Gasteiger partial charge in [0, 0.05) is 34.1 Å². The molecule has 0 unspecified atom stereocenters. The monoisotopic (exact) mass is 606 g/mol. The van der Waals surface area contributed by atoms with Crippen LogP contribution in [0.25, 0.3) is 22.9 Å². The predicted molar refractivity (Wildman–Crippen MR) is 203 cm³/mol. The second-order valence-corrected chi connectivity index (χ2v) is 12.2. The van der Waals surface area contributed by atoms with E-state index in [2.05, 4.69) is 207 Å². The van der Waals surface area contributed by atoms with Gasteiger partial charge in [0.05, 0.1) is 0 Å². The third-order valence-corrected chi connectivity index (χ3v) is 8.50. The van der Waals surface area contributed by atoms with Gasteiger partial charge in [-0.15, -0.1) is 0 Å². The zero-order chi connectivity index (χ0) is 32.2. The zero-order valence-electron chi connectivity index (χ0n) is 27.1. The molecule has 0 amide bonds. The molecule has 0 fully saturated rings. The molecule has 0 N–H and O–H groups in total. The smallest absolute Gasteiger partial charge is 0.0468 e. The number of anilines is 6. The molecule has 7 rings (SSSR count). The SMILES string of the molecule is Cc1cccc(N(c2ccc(C=Cc3ccc(N(c4ccccc4)c4ccc5ccccc5c4)cc3)cc2)c2cc(C)cc(C)c2)c1. The molecule has 0 aliphatic heterocycles. The Morgan fingerprint density at radius 3 is 1.40 bits per heavy atom. The van der Waals surface area contributed by atoms with Crippen LogP contribution in [0.15, 0.2) is 164 Å². The van der Waals surface area contributed by atoms with Crippen molar-refractivity contribution in [2.75, 3.05) is 9.80 Å². The van der Waals surface area contributed by atoms with Crippen LogP contribution in [0.5, 0.6) is 0 Å². The Bertz CT molecular complexity index is 2140. The van der Waals surface area contributed by atoms with E-state index in [1.807, 2.05) is 0 Å². The summed E-state index contributed by atoms with van der Waals surface area (Å²) in [6.07, 6.45) is 4.37. The molecule has 0 atom stereocenters. The summed E-state index contributed by atoms with van der Waals surface area (Å²) in [6, 6.07) is 58.8. The molecule has 7 aromatic carbocycles. The van der Waals surface area contributed by atoms with E-state index < -0.39 is 0 Å². The fraction of sp³-hybridized carbons (Fsp3) is 0.0667. The van der Waals surface area contributed by atoms with Crippen LogP contribution in [0.4, 0.5) is 34.1 Å². The summed E-state index contributed by atoms with van der Waals surface area (Å²) in [5, 5.41) is 2.47. The first kappa shape index (κ1) is 29.8. The van der Waals surface area contributed by atoms with Crippen LogP contribution >= 0.6 is 0 Å². The van der Waals surface area contributed by atoms with Crippen LogP contribution in [0.2, 0.25) is 0 Å². The Morgan fingerprint density at radius 2 is 0.787 bits per heavy atom. The highest BCUT2D eigenvalue weighted by Gasteiger charge is 2.14. The van der Waals surface area contributed by atoms with Gasteiger partial charge in [-0.1, -0.05) is 103 Å². The van der Waals surface area contributed by atoms with Crippen molar-refractivity contribution < 1.29 is 0 Å². The Balaban J connectivity index is 1.15.